The molecule has 8 heteroatoms. The highest BCUT2D eigenvalue weighted by molar-refractivity contribution is 6.33. The van der Waals surface area contributed by atoms with Crippen LogP contribution in [-0.4, -0.2) is 10.8 Å². The average Bonchev–Trinajstić information content (AvgIpc) is 2.46. The van der Waals surface area contributed by atoms with E-state index in [-0.39, 0.29) is 22.3 Å². The van der Waals surface area contributed by atoms with E-state index >= 15 is 0 Å². The van der Waals surface area contributed by atoms with E-state index in [1.54, 1.807) is 31.2 Å². The van der Waals surface area contributed by atoms with Gasteiger partial charge in [-0.05, 0) is 43.2 Å². The van der Waals surface area contributed by atoms with Gasteiger partial charge in [-0.1, -0.05) is 17.7 Å². The number of anilines is 1. The van der Waals surface area contributed by atoms with Gasteiger partial charge in [-0.2, -0.15) is 0 Å². The highest BCUT2D eigenvalue weighted by Gasteiger charge is 2.18. The van der Waals surface area contributed by atoms with Crippen LogP contribution in [0, 0.1) is 24.0 Å². The van der Waals surface area contributed by atoms with E-state index in [9.17, 15) is 14.9 Å². The second kappa shape index (κ2) is 7.18. The first-order valence-corrected chi connectivity index (χ1v) is 7.40. The van der Waals surface area contributed by atoms with Gasteiger partial charge in [0.25, 0.3) is 5.69 Å². The largest absolute Gasteiger partial charge is 0.324 e. The highest BCUT2D eigenvalue weighted by atomic mass is 35.5. The number of carbonyl (C=O) groups excluding carboxylic acids is 1. The number of rotatable bonds is 4. The molecule has 2 aromatic rings. The minimum atomic E-state index is -0.558. The molecule has 0 radical (unpaired) electrons. The smallest absolute Gasteiger partial charge is 0.298 e. The molecular formula is C16H15ClN4O3. The van der Waals surface area contributed by atoms with Crippen molar-refractivity contribution in [1.82, 2.24) is 0 Å². The van der Waals surface area contributed by atoms with Crippen molar-refractivity contribution in [3.8, 4) is 0 Å². The SMILES string of the molecule is CC(=O)Nc1cc(C)ccc1N=Nc1c(Cl)cc(C)cc1[N+](=O)[O-]. The molecule has 2 aromatic carbocycles. The number of azo groups is 1. The molecule has 0 spiro atoms. The molecule has 7 nitrogen and oxygen atoms in total. The van der Waals surface area contributed by atoms with Crippen LogP contribution < -0.4 is 5.32 Å². The number of hydrogen-bond acceptors (Lipinski definition) is 5. The van der Waals surface area contributed by atoms with Gasteiger partial charge in [0.15, 0.2) is 5.69 Å². The zero-order valence-electron chi connectivity index (χ0n) is 13.3. The van der Waals surface area contributed by atoms with E-state index in [0.717, 1.165) is 5.56 Å². The Balaban J connectivity index is 2.49. The van der Waals surface area contributed by atoms with E-state index in [4.69, 9.17) is 11.6 Å². The molecule has 0 saturated carbocycles. The van der Waals surface area contributed by atoms with Gasteiger partial charge < -0.3 is 5.32 Å². The van der Waals surface area contributed by atoms with Crippen molar-refractivity contribution in [3.05, 3.63) is 56.6 Å². The number of nitro groups is 1. The van der Waals surface area contributed by atoms with Crippen molar-refractivity contribution in [2.75, 3.05) is 5.32 Å². The number of amides is 1. The molecule has 0 aliphatic heterocycles. The number of aryl methyl sites for hydroxylation is 2. The molecule has 1 N–H and O–H groups in total. The summed E-state index contributed by atoms with van der Waals surface area (Å²) in [5.74, 6) is -0.253. The number of nitrogens with zero attached hydrogens (tertiary/aromatic N) is 3. The van der Waals surface area contributed by atoms with Crippen molar-refractivity contribution in [2.45, 2.75) is 20.8 Å². The number of hydrogen-bond donors (Lipinski definition) is 1. The topological polar surface area (TPSA) is 97.0 Å². The van der Waals surface area contributed by atoms with Crippen LogP contribution in [0.25, 0.3) is 0 Å². The maximum absolute atomic E-state index is 11.3. The fourth-order valence-corrected chi connectivity index (χ4v) is 2.39. The maximum Gasteiger partial charge on any atom is 0.298 e. The monoisotopic (exact) mass is 346 g/mol. The van der Waals surface area contributed by atoms with Crippen LogP contribution in [0.2, 0.25) is 5.02 Å². The number of nitro benzene ring substituents is 1. The van der Waals surface area contributed by atoms with Gasteiger partial charge in [-0.3, -0.25) is 14.9 Å². The molecule has 0 heterocycles. The van der Waals surface area contributed by atoms with Crippen LogP contribution in [0.3, 0.4) is 0 Å². The Bertz CT molecular complexity index is 849. The molecule has 0 aliphatic carbocycles. The van der Waals surface area contributed by atoms with Gasteiger partial charge in [-0.15, -0.1) is 10.2 Å². The van der Waals surface area contributed by atoms with Crippen LogP contribution in [0.4, 0.5) is 22.7 Å². The van der Waals surface area contributed by atoms with Crippen LogP contribution >= 0.6 is 11.6 Å². The first-order chi connectivity index (χ1) is 11.3. The molecule has 1 amide bonds. The van der Waals surface area contributed by atoms with Crippen molar-refractivity contribution < 1.29 is 9.72 Å². The highest BCUT2D eigenvalue weighted by Crippen LogP contribution is 2.38. The van der Waals surface area contributed by atoms with Gasteiger partial charge in [0, 0.05) is 13.0 Å². The minimum Gasteiger partial charge on any atom is -0.324 e. The summed E-state index contributed by atoms with van der Waals surface area (Å²) >= 11 is 6.07. The standard InChI is InChI=1S/C16H15ClN4O3/c1-9-4-5-13(14(7-9)18-11(3)22)19-20-16-12(17)6-10(2)8-15(16)21(23)24/h4-8H,1-3H3,(H,18,22). The third-order valence-corrected chi connectivity index (χ3v) is 3.39. The third-order valence-electron chi connectivity index (χ3n) is 3.10. The summed E-state index contributed by atoms with van der Waals surface area (Å²) in [5.41, 5.74) is 2.18. The van der Waals surface area contributed by atoms with E-state index in [0.29, 0.717) is 16.9 Å². The Kier molecular flexibility index (Phi) is 5.25. The molecule has 0 unspecified atom stereocenters. The predicted molar refractivity (Wildman–Crippen MR) is 92.5 cm³/mol. The van der Waals surface area contributed by atoms with E-state index in [1.165, 1.54) is 13.0 Å². The van der Waals surface area contributed by atoms with E-state index < -0.39 is 4.92 Å². The summed E-state index contributed by atoms with van der Waals surface area (Å²) in [5, 5.41) is 21.9. The summed E-state index contributed by atoms with van der Waals surface area (Å²) in [6.45, 7) is 4.95. The first kappa shape index (κ1) is 17.6. The summed E-state index contributed by atoms with van der Waals surface area (Å²) in [4.78, 5) is 21.9. The van der Waals surface area contributed by atoms with Crippen LogP contribution in [0.5, 0.6) is 0 Å². The molecule has 0 atom stereocenters. The maximum atomic E-state index is 11.3. The van der Waals surface area contributed by atoms with Gasteiger partial charge in [0.2, 0.25) is 5.91 Å². The number of nitrogens with one attached hydrogen (secondary N) is 1. The average molecular weight is 347 g/mol. The fourth-order valence-electron chi connectivity index (χ4n) is 2.09. The van der Waals surface area contributed by atoms with Crippen LogP contribution in [0.15, 0.2) is 40.6 Å². The Morgan fingerprint density at radius 1 is 1.17 bits per heavy atom. The Hall–Kier alpha value is -2.80. The lowest BCUT2D eigenvalue weighted by atomic mass is 10.2. The fraction of sp³-hybridized carbons (Fsp3) is 0.188. The van der Waals surface area contributed by atoms with Gasteiger partial charge in [0.05, 0.1) is 15.6 Å². The van der Waals surface area contributed by atoms with Crippen LogP contribution in [-0.2, 0) is 4.79 Å². The van der Waals surface area contributed by atoms with E-state index in [1.807, 2.05) is 6.92 Å². The summed E-state index contributed by atoms with van der Waals surface area (Å²) in [6.07, 6.45) is 0. The molecule has 0 bridgehead atoms. The minimum absolute atomic E-state index is 0.0263. The molecule has 24 heavy (non-hydrogen) atoms. The third kappa shape index (κ3) is 4.14. The van der Waals surface area contributed by atoms with Gasteiger partial charge in [-0.25, -0.2) is 0 Å². The van der Waals surface area contributed by atoms with Gasteiger partial charge >= 0.3 is 0 Å². The Labute approximate surface area is 143 Å². The molecule has 2 rings (SSSR count). The molecule has 0 fully saturated rings. The van der Waals surface area contributed by atoms with Crippen molar-refractivity contribution in [3.63, 3.8) is 0 Å². The molecular weight excluding hydrogens is 332 g/mol. The zero-order valence-corrected chi connectivity index (χ0v) is 14.1. The lowest BCUT2D eigenvalue weighted by molar-refractivity contribution is -0.384. The molecule has 0 aliphatic rings. The number of halogens is 1. The summed E-state index contributed by atoms with van der Waals surface area (Å²) in [6, 6.07) is 8.15. The molecule has 0 saturated heterocycles. The van der Waals surface area contributed by atoms with Gasteiger partial charge in [0.1, 0.15) is 5.69 Å². The number of benzene rings is 2. The molecule has 124 valence electrons. The predicted octanol–water partition coefficient (Wildman–Crippen LogP) is 5.24. The van der Waals surface area contributed by atoms with Crippen molar-refractivity contribution in [1.29, 1.82) is 0 Å². The van der Waals surface area contributed by atoms with Crippen LogP contribution in [0.1, 0.15) is 18.1 Å². The lowest BCUT2D eigenvalue weighted by Crippen LogP contribution is -2.05. The summed E-state index contributed by atoms with van der Waals surface area (Å²) < 4.78 is 0. The quantitative estimate of drug-likeness (QED) is 0.465. The zero-order chi connectivity index (χ0) is 17.9. The van der Waals surface area contributed by atoms with Crippen molar-refractivity contribution in [2.24, 2.45) is 10.2 Å². The Morgan fingerprint density at radius 3 is 2.50 bits per heavy atom. The number of carbonyl (C=O) groups is 1. The van der Waals surface area contributed by atoms with Crippen molar-refractivity contribution >= 4 is 40.3 Å². The first-order valence-electron chi connectivity index (χ1n) is 7.02. The second-order valence-corrected chi connectivity index (χ2v) is 5.68. The van der Waals surface area contributed by atoms with E-state index in [2.05, 4.69) is 15.5 Å². The molecule has 0 aromatic heterocycles. The lowest BCUT2D eigenvalue weighted by Gasteiger charge is -2.07. The normalized spacial score (nSPS) is 10.8. The summed E-state index contributed by atoms with van der Waals surface area (Å²) in [7, 11) is 0. The Morgan fingerprint density at radius 2 is 1.88 bits per heavy atom. The second-order valence-electron chi connectivity index (χ2n) is 5.27.